The van der Waals surface area contributed by atoms with Gasteiger partial charge in [0.05, 0.1) is 6.04 Å². The highest BCUT2D eigenvalue weighted by atomic mass is 35.5. The number of nitrogens with two attached hydrogens (primary N) is 2. The van der Waals surface area contributed by atoms with Crippen LogP contribution < -0.4 is 16.8 Å². The van der Waals surface area contributed by atoms with Crippen LogP contribution in [0.15, 0.2) is 0 Å². The average molecular weight is 234 g/mol. The van der Waals surface area contributed by atoms with Crippen molar-refractivity contribution in [2.45, 2.75) is 37.3 Å². The van der Waals surface area contributed by atoms with Gasteiger partial charge in [0, 0.05) is 11.5 Å². The Kier molecular flexibility index (Phi) is 3.25. The predicted octanol–water partition coefficient (Wildman–Crippen LogP) is -0.720. The Morgan fingerprint density at radius 1 is 1.60 bits per heavy atom. The fourth-order valence-corrected chi connectivity index (χ4v) is 2.07. The van der Waals surface area contributed by atoms with E-state index in [1.807, 2.05) is 0 Å². The molecule has 1 saturated carbocycles. The molecule has 15 heavy (non-hydrogen) atoms. The summed E-state index contributed by atoms with van der Waals surface area (Å²) in [4.78, 5) is 22.2. The summed E-state index contributed by atoms with van der Waals surface area (Å²) in [6.07, 6.45) is 3.30. The van der Waals surface area contributed by atoms with Crippen LogP contribution in [0.5, 0.6) is 0 Å². The highest BCUT2D eigenvalue weighted by Gasteiger charge is 2.52. The van der Waals surface area contributed by atoms with Gasteiger partial charge in [0.15, 0.2) is 0 Å². The average Bonchev–Trinajstić information content (AvgIpc) is 2.75. The first-order valence-corrected chi connectivity index (χ1v) is 4.89. The lowest BCUT2D eigenvalue weighted by atomic mass is 9.96. The van der Waals surface area contributed by atoms with Crippen molar-refractivity contribution in [1.29, 1.82) is 0 Å². The molecule has 1 heterocycles. The van der Waals surface area contributed by atoms with Crippen molar-refractivity contribution in [3.8, 4) is 0 Å². The standard InChI is InChI=1S/C9H15N3O2.ClH/c10-6(7(11)13)3-5-4-9(1-2-9)12-8(5)14;/h5-6H,1-4,10H2,(H2,11,13)(H,12,14);1H/t5?,6-;/m0./s1. The molecule has 0 aromatic rings. The molecule has 1 aliphatic heterocycles. The van der Waals surface area contributed by atoms with E-state index < -0.39 is 11.9 Å². The Balaban J connectivity index is 0.00000112. The molecule has 1 spiro atoms. The minimum absolute atomic E-state index is 0. The van der Waals surface area contributed by atoms with Gasteiger partial charge in [-0.15, -0.1) is 12.4 Å². The Morgan fingerprint density at radius 2 is 2.20 bits per heavy atom. The number of halogens is 1. The largest absolute Gasteiger partial charge is 0.368 e. The molecule has 2 fully saturated rings. The van der Waals surface area contributed by atoms with Crippen LogP contribution in [0.3, 0.4) is 0 Å². The van der Waals surface area contributed by atoms with Gasteiger partial charge >= 0.3 is 0 Å². The summed E-state index contributed by atoms with van der Waals surface area (Å²) < 4.78 is 0. The van der Waals surface area contributed by atoms with Crippen molar-refractivity contribution in [2.24, 2.45) is 17.4 Å². The zero-order valence-corrected chi connectivity index (χ0v) is 9.18. The first kappa shape index (κ1) is 12.3. The van der Waals surface area contributed by atoms with E-state index in [2.05, 4.69) is 5.32 Å². The second-order valence-corrected chi connectivity index (χ2v) is 4.42. The summed E-state index contributed by atoms with van der Waals surface area (Å²) in [6, 6.07) is -0.695. The third kappa shape index (κ3) is 2.41. The molecule has 0 aromatic carbocycles. The lowest BCUT2D eigenvalue weighted by molar-refractivity contribution is -0.123. The van der Waals surface area contributed by atoms with E-state index in [9.17, 15) is 9.59 Å². The van der Waals surface area contributed by atoms with Gasteiger partial charge in [-0.25, -0.2) is 0 Å². The van der Waals surface area contributed by atoms with Crippen molar-refractivity contribution in [3.05, 3.63) is 0 Å². The monoisotopic (exact) mass is 233 g/mol. The number of hydrogen-bond acceptors (Lipinski definition) is 3. The highest BCUT2D eigenvalue weighted by Crippen LogP contribution is 2.46. The van der Waals surface area contributed by atoms with E-state index in [0.29, 0.717) is 6.42 Å². The van der Waals surface area contributed by atoms with Crippen molar-refractivity contribution < 1.29 is 9.59 Å². The maximum Gasteiger partial charge on any atom is 0.234 e. The lowest BCUT2D eigenvalue weighted by Crippen LogP contribution is -2.39. The van der Waals surface area contributed by atoms with Crippen LogP contribution in [0.1, 0.15) is 25.7 Å². The zero-order valence-electron chi connectivity index (χ0n) is 8.36. The molecule has 6 heteroatoms. The van der Waals surface area contributed by atoms with Crippen molar-refractivity contribution in [1.82, 2.24) is 5.32 Å². The summed E-state index contributed by atoms with van der Waals surface area (Å²) >= 11 is 0. The van der Waals surface area contributed by atoms with E-state index in [-0.39, 0.29) is 29.8 Å². The first-order valence-electron chi connectivity index (χ1n) is 4.89. The second-order valence-electron chi connectivity index (χ2n) is 4.42. The summed E-state index contributed by atoms with van der Waals surface area (Å²) in [7, 11) is 0. The number of nitrogens with one attached hydrogen (secondary N) is 1. The molecule has 1 aliphatic carbocycles. The van der Waals surface area contributed by atoms with Gasteiger partial charge in [0.1, 0.15) is 0 Å². The number of primary amides is 1. The van der Waals surface area contributed by atoms with E-state index in [0.717, 1.165) is 19.3 Å². The van der Waals surface area contributed by atoms with Crippen molar-refractivity contribution in [3.63, 3.8) is 0 Å². The SMILES string of the molecule is Cl.NC(=O)[C@@H](N)CC1CC2(CC2)NC1=O. The van der Waals surface area contributed by atoms with Gasteiger partial charge in [-0.1, -0.05) is 0 Å². The first-order chi connectivity index (χ1) is 6.52. The van der Waals surface area contributed by atoms with E-state index >= 15 is 0 Å². The molecule has 86 valence electrons. The van der Waals surface area contributed by atoms with Crippen LogP contribution in [-0.4, -0.2) is 23.4 Å². The molecule has 2 rings (SSSR count). The van der Waals surface area contributed by atoms with Gasteiger partial charge in [-0.05, 0) is 25.7 Å². The lowest BCUT2D eigenvalue weighted by Gasteiger charge is -2.10. The van der Waals surface area contributed by atoms with Gasteiger partial charge in [-0.3, -0.25) is 9.59 Å². The maximum absolute atomic E-state index is 11.5. The third-order valence-electron chi connectivity index (χ3n) is 3.15. The summed E-state index contributed by atoms with van der Waals surface area (Å²) in [5.74, 6) is -0.631. The van der Waals surface area contributed by atoms with Crippen LogP contribution in [0.2, 0.25) is 0 Å². The number of hydrogen-bond donors (Lipinski definition) is 3. The molecule has 5 N–H and O–H groups in total. The molecular formula is C9H16ClN3O2. The minimum atomic E-state index is -0.695. The Morgan fingerprint density at radius 3 is 2.60 bits per heavy atom. The van der Waals surface area contributed by atoms with Crippen LogP contribution in [0, 0.1) is 5.92 Å². The maximum atomic E-state index is 11.5. The van der Waals surface area contributed by atoms with Gasteiger partial charge in [-0.2, -0.15) is 0 Å². The number of amides is 2. The highest BCUT2D eigenvalue weighted by molar-refractivity contribution is 5.85. The molecule has 0 aromatic heterocycles. The van der Waals surface area contributed by atoms with Crippen LogP contribution in [-0.2, 0) is 9.59 Å². The zero-order chi connectivity index (χ0) is 10.3. The fraction of sp³-hybridized carbons (Fsp3) is 0.778. The molecule has 0 bridgehead atoms. The molecule has 5 nitrogen and oxygen atoms in total. The Hall–Kier alpha value is -0.810. The molecular weight excluding hydrogens is 218 g/mol. The molecule has 1 saturated heterocycles. The number of rotatable bonds is 3. The fourth-order valence-electron chi connectivity index (χ4n) is 2.07. The Labute approximate surface area is 94.4 Å². The van der Waals surface area contributed by atoms with Gasteiger partial charge < -0.3 is 16.8 Å². The smallest absolute Gasteiger partial charge is 0.234 e. The quantitative estimate of drug-likeness (QED) is 0.600. The summed E-state index contributed by atoms with van der Waals surface area (Å²) in [6.45, 7) is 0. The summed E-state index contributed by atoms with van der Waals surface area (Å²) in [5, 5.41) is 2.95. The van der Waals surface area contributed by atoms with Crippen LogP contribution in [0.4, 0.5) is 0 Å². The minimum Gasteiger partial charge on any atom is -0.368 e. The Bertz CT molecular complexity index is 291. The van der Waals surface area contributed by atoms with Gasteiger partial charge in [0.2, 0.25) is 11.8 Å². The van der Waals surface area contributed by atoms with E-state index in [1.165, 1.54) is 0 Å². The third-order valence-corrected chi connectivity index (χ3v) is 3.15. The molecule has 0 radical (unpaired) electrons. The van der Waals surface area contributed by atoms with Crippen molar-refractivity contribution >= 4 is 24.2 Å². The number of carbonyl (C=O) groups is 2. The van der Waals surface area contributed by atoms with Crippen molar-refractivity contribution in [2.75, 3.05) is 0 Å². The topological polar surface area (TPSA) is 98.2 Å². The van der Waals surface area contributed by atoms with Crippen LogP contribution >= 0.6 is 12.4 Å². The normalized spacial score (nSPS) is 28.1. The van der Waals surface area contributed by atoms with Crippen LogP contribution in [0.25, 0.3) is 0 Å². The predicted molar refractivity (Wildman–Crippen MR) is 57.2 cm³/mol. The molecule has 2 atom stereocenters. The molecule has 2 amide bonds. The molecule has 1 unspecified atom stereocenters. The van der Waals surface area contributed by atoms with Gasteiger partial charge in [0.25, 0.3) is 0 Å². The number of carbonyl (C=O) groups excluding carboxylic acids is 2. The van der Waals surface area contributed by atoms with E-state index in [4.69, 9.17) is 11.5 Å². The molecule has 2 aliphatic rings. The summed E-state index contributed by atoms with van der Waals surface area (Å²) in [5.41, 5.74) is 10.6. The van der Waals surface area contributed by atoms with E-state index in [1.54, 1.807) is 0 Å². The second kappa shape index (κ2) is 3.98.